The highest BCUT2D eigenvalue weighted by molar-refractivity contribution is 6.30. The molecule has 4 heteroatoms. The summed E-state index contributed by atoms with van der Waals surface area (Å²) in [6, 6.07) is 12.3. The molecule has 4 N–H and O–H groups in total. The monoisotopic (exact) mass is 234 g/mol. The molecule has 2 aromatic rings. The van der Waals surface area contributed by atoms with Gasteiger partial charge in [-0.05, 0) is 30.3 Å². The summed E-state index contributed by atoms with van der Waals surface area (Å²) in [6.07, 6.45) is 0. The van der Waals surface area contributed by atoms with E-state index in [0.717, 1.165) is 0 Å². The van der Waals surface area contributed by atoms with Gasteiger partial charge >= 0.3 is 0 Å². The first kappa shape index (κ1) is 10.6. The molecule has 0 radical (unpaired) electrons. The van der Waals surface area contributed by atoms with E-state index in [4.69, 9.17) is 27.8 Å². The molecule has 0 saturated heterocycles. The van der Waals surface area contributed by atoms with E-state index < -0.39 is 0 Å². The van der Waals surface area contributed by atoms with Crippen LogP contribution in [-0.2, 0) is 0 Å². The van der Waals surface area contributed by atoms with Crippen LogP contribution in [0, 0.1) is 0 Å². The van der Waals surface area contributed by atoms with Crippen LogP contribution < -0.4 is 16.2 Å². The molecule has 0 aliphatic rings. The molecule has 3 nitrogen and oxygen atoms in total. The van der Waals surface area contributed by atoms with Crippen LogP contribution in [0.3, 0.4) is 0 Å². The predicted octanol–water partition coefficient (Wildman–Crippen LogP) is 3.30. The molecule has 0 spiro atoms. The number of hydrogen-bond acceptors (Lipinski definition) is 3. The Kier molecular flexibility index (Phi) is 2.88. The van der Waals surface area contributed by atoms with Crippen molar-refractivity contribution < 1.29 is 4.74 Å². The zero-order valence-electron chi connectivity index (χ0n) is 8.48. The summed E-state index contributed by atoms with van der Waals surface area (Å²) in [4.78, 5) is 0. The second-order valence-electron chi connectivity index (χ2n) is 3.32. The van der Waals surface area contributed by atoms with Gasteiger partial charge in [0, 0.05) is 5.02 Å². The van der Waals surface area contributed by atoms with Gasteiger partial charge in [0.1, 0.15) is 5.75 Å². The number of rotatable bonds is 2. The van der Waals surface area contributed by atoms with Gasteiger partial charge < -0.3 is 16.2 Å². The van der Waals surface area contributed by atoms with E-state index >= 15 is 0 Å². The third-order valence-corrected chi connectivity index (χ3v) is 2.35. The van der Waals surface area contributed by atoms with Crippen molar-refractivity contribution in [2.45, 2.75) is 0 Å². The van der Waals surface area contributed by atoms with Crippen LogP contribution in [0.25, 0.3) is 0 Å². The molecule has 0 heterocycles. The molecular weight excluding hydrogens is 224 g/mol. The van der Waals surface area contributed by atoms with Gasteiger partial charge in [0.15, 0.2) is 5.75 Å². The molecule has 0 aromatic heterocycles. The minimum absolute atomic E-state index is 0.482. The SMILES string of the molecule is Nc1ccccc1Oc1ccc(Cl)cc1N. The normalized spacial score (nSPS) is 10.1. The first-order valence-electron chi connectivity index (χ1n) is 4.74. The van der Waals surface area contributed by atoms with Gasteiger partial charge in [-0.1, -0.05) is 23.7 Å². The van der Waals surface area contributed by atoms with Gasteiger partial charge in [-0.2, -0.15) is 0 Å². The molecule has 2 aromatic carbocycles. The summed E-state index contributed by atoms with van der Waals surface area (Å²) in [6.45, 7) is 0. The van der Waals surface area contributed by atoms with Crippen molar-refractivity contribution >= 4 is 23.0 Å². The quantitative estimate of drug-likeness (QED) is 0.784. The lowest BCUT2D eigenvalue weighted by molar-refractivity contribution is 0.487. The molecule has 0 atom stereocenters. The number of para-hydroxylation sites is 2. The largest absolute Gasteiger partial charge is 0.453 e. The zero-order valence-corrected chi connectivity index (χ0v) is 9.24. The van der Waals surface area contributed by atoms with E-state index in [1.54, 1.807) is 30.3 Å². The zero-order chi connectivity index (χ0) is 11.5. The van der Waals surface area contributed by atoms with E-state index in [0.29, 0.717) is 27.9 Å². The molecule has 0 aliphatic carbocycles. The smallest absolute Gasteiger partial charge is 0.150 e. The van der Waals surface area contributed by atoms with Crippen molar-refractivity contribution in [1.82, 2.24) is 0 Å². The fourth-order valence-corrected chi connectivity index (χ4v) is 1.48. The second kappa shape index (κ2) is 4.33. The van der Waals surface area contributed by atoms with Crippen LogP contribution in [0.15, 0.2) is 42.5 Å². The molecular formula is C12H11ClN2O. The standard InChI is InChI=1S/C12H11ClN2O/c13-8-5-6-12(10(15)7-8)16-11-4-2-1-3-9(11)14/h1-7H,14-15H2. The minimum Gasteiger partial charge on any atom is -0.453 e. The maximum Gasteiger partial charge on any atom is 0.150 e. The average Bonchev–Trinajstić information content (AvgIpc) is 2.25. The summed E-state index contributed by atoms with van der Waals surface area (Å²) in [5, 5.41) is 0.575. The first-order chi connectivity index (χ1) is 7.66. The summed E-state index contributed by atoms with van der Waals surface area (Å²) in [5.74, 6) is 1.12. The molecule has 2 rings (SSSR count). The highest BCUT2D eigenvalue weighted by Gasteiger charge is 2.04. The Bertz CT molecular complexity index is 514. The number of nitrogens with two attached hydrogens (primary N) is 2. The van der Waals surface area contributed by atoms with Crippen molar-refractivity contribution in [3.05, 3.63) is 47.5 Å². The van der Waals surface area contributed by atoms with Gasteiger partial charge in [0.25, 0.3) is 0 Å². The Hall–Kier alpha value is -1.87. The van der Waals surface area contributed by atoms with E-state index in [2.05, 4.69) is 0 Å². The van der Waals surface area contributed by atoms with Gasteiger partial charge in [-0.3, -0.25) is 0 Å². The molecule has 0 bridgehead atoms. The number of hydrogen-bond donors (Lipinski definition) is 2. The summed E-state index contributed by atoms with van der Waals surface area (Å²) in [7, 11) is 0. The van der Waals surface area contributed by atoms with Gasteiger partial charge in [-0.25, -0.2) is 0 Å². The van der Waals surface area contributed by atoms with Gasteiger partial charge in [-0.15, -0.1) is 0 Å². The molecule has 0 unspecified atom stereocenters. The van der Waals surface area contributed by atoms with Crippen molar-refractivity contribution in [3.63, 3.8) is 0 Å². The van der Waals surface area contributed by atoms with E-state index in [1.165, 1.54) is 0 Å². The predicted molar refractivity (Wildman–Crippen MR) is 66.8 cm³/mol. The van der Waals surface area contributed by atoms with Crippen molar-refractivity contribution in [2.24, 2.45) is 0 Å². The molecule has 0 amide bonds. The van der Waals surface area contributed by atoms with Crippen LogP contribution in [0.5, 0.6) is 11.5 Å². The topological polar surface area (TPSA) is 61.3 Å². The lowest BCUT2D eigenvalue weighted by Crippen LogP contribution is -1.94. The maximum absolute atomic E-state index is 5.79. The van der Waals surface area contributed by atoms with Crippen LogP contribution in [0.1, 0.15) is 0 Å². The van der Waals surface area contributed by atoms with Crippen LogP contribution >= 0.6 is 11.6 Å². The molecule has 0 saturated carbocycles. The average molecular weight is 235 g/mol. The highest BCUT2D eigenvalue weighted by atomic mass is 35.5. The Balaban J connectivity index is 2.31. The van der Waals surface area contributed by atoms with Crippen LogP contribution in [-0.4, -0.2) is 0 Å². The Morgan fingerprint density at radius 1 is 0.875 bits per heavy atom. The van der Waals surface area contributed by atoms with E-state index in [1.807, 2.05) is 12.1 Å². The molecule has 82 valence electrons. The third-order valence-electron chi connectivity index (χ3n) is 2.11. The summed E-state index contributed by atoms with van der Waals surface area (Å²) >= 11 is 5.79. The molecule has 0 fully saturated rings. The maximum atomic E-state index is 5.79. The van der Waals surface area contributed by atoms with E-state index in [9.17, 15) is 0 Å². The Morgan fingerprint density at radius 3 is 2.25 bits per heavy atom. The van der Waals surface area contributed by atoms with Crippen LogP contribution in [0.4, 0.5) is 11.4 Å². The third kappa shape index (κ3) is 2.20. The highest BCUT2D eigenvalue weighted by Crippen LogP contribution is 2.32. The van der Waals surface area contributed by atoms with Crippen molar-refractivity contribution in [3.8, 4) is 11.5 Å². The number of ether oxygens (including phenoxy) is 1. The number of benzene rings is 2. The lowest BCUT2D eigenvalue weighted by Gasteiger charge is -2.10. The lowest BCUT2D eigenvalue weighted by atomic mass is 10.3. The fraction of sp³-hybridized carbons (Fsp3) is 0. The minimum atomic E-state index is 0.482. The van der Waals surface area contributed by atoms with Gasteiger partial charge in [0.05, 0.1) is 11.4 Å². The first-order valence-corrected chi connectivity index (χ1v) is 5.12. The Labute approximate surface area is 98.6 Å². The molecule has 16 heavy (non-hydrogen) atoms. The fourth-order valence-electron chi connectivity index (χ4n) is 1.30. The number of nitrogen functional groups attached to an aromatic ring is 2. The Morgan fingerprint density at radius 2 is 1.56 bits per heavy atom. The summed E-state index contributed by atoms with van der Waals surface area (Å²) < 4.78 is 5.59. The molecule has 0 aliphatic heterocycles. The number of anilines is 2. The van der Waals surface area contributed by atoms with E-state index in [-0.39, 0.29) is 0 Å². The van der Waals surface area contributed by atoms with Crippen molar-refractivity contribution in [1.29, 1.82) is 0 Å². The van der Waals surface area contributed by atoms with Crippen LogP contribution in [0.2, 0.25) is 5.02 Å². The summed E-state index contributed by atoms with van der Waals surface area (Å²) in [5.41, 5.74) is 12.6. The second-order valence-corrected chi connectivity index (χ2v) is 3.76. The van der Waals surface area contributed by atoms with Crippen molar-refractivity contribution in [2.75, 3.05) is 11.5 Å². The van der Waals surface area contributed by atoms with Gasteiger partial charge in [0.2, 0.25) is 0 Å². The number of halogens is 1.